The Bertz CT molecular complexity index is 743. The van der Waals surface area contributed by atoms with Crippen LogP contribution >= 0.6 is 24.0 Å². The van der Waals surface area contributed by atoms with Crippen LogP contribution in [0.2, 0.25) is 0 Å². The van der Waals surface area contributed by atoms with Crippen LogP contribution in [0.25, 0.3) is 0 Å². The second kappa shape index (κ2) is 12.1. The molecule has 9 heteroatoms. The summed E-state index contributed by atoms with van der Waals surface area (Å²) in [4.78, 5) is 4.57. The minimum Gasteiger partial charge on any atom is -0.377 e. The molecule has 164 valence electrons. The standard InChI is InChI=1S/C20H32N4O3S.HI/c1-21-20(24-17-6-3-2-4-7-17)22-14-16-9-11-19(12-10-16)28(25,26)23-15-18-8-5-13-27-18;/h9-12,17-18,23H,2-8,13-15H2,1H3,(H2,21,22,24);1H. The fourth-order valence-corrected chi connectivity index (χ4v) is 4.76. The van der Waals surface area contributed by atoms with E-state index in [1.54, 1.807) is 19.2 Å². The number of aliphatic imine (C=N–C) groups is 1. The number of benzene rings is 1. The molecule has 2 fully saturated rings. The van der Waals surface area contributed by atoms with Gasteiger partial charge in [-0.05, 0) is 43.4 Å². The second-order valence-electron chi connectivity index (χ2n) is 7.54. The second-order valence-corrected chi connectivity index (χ2v) is 9.30. The first-order valence-electron chi connectivity index (χ1n) is 10.2. The van der Waals surface area contributed by atoms with E-state index >= 15 is 0 Å². The highest BCUT2D eigenvalue weighted by Gasteiger charge is 2.20. The van der Waals surface area contributed by atoms with E-state index in [1.165, 1.54) is 32.1 Å². The Labute approximate surface area is 191 Å². The molecule has 1 saturated heterocycles. The zero-order valence-electron chi connectivity index (χ0n) is 17.0. The predicted octanol–water partition coefficient (Wildman–Crippen LogP) is 2.76. The highest BCUT2D eigenvalue weighted by Crippen LogP contribution is 2.17. The molecule has 1 heterocycles. The van der Waals surface area contributed by atoms with Crippen LogP contribution < -0.4 is 15.4 Å². The van der Waals surface area contributed by atoms with Crippen LogP contribution in [0, 0.1) is 0 Å². The molecule has 3 rings (SSSR count). The molecule has 0 spiro atoms. The number of hydrogen-bond acceptors (Lipinski definition) is 4. The van der Waals surface area contributed by atoms with Gasteiger partial charge >= 0.3 is 0 Å². The number of rotatable bonds is 7. The van der Waals surface area contributed by atoms with Crippen LogP contribution in [0.4, 0.5) is 0 Å². The van der Waals surface area contributed by atoms with Crippen molar-refractivity contribution in [3.8, 4) is 0 Å². The van der Waals surface area contributed by atoms with Gasteiger partial charge in [-0.15, -0.1) is 24.0 Å². The minimum atomic E-state index is -3.51. The van der Waals surface area contributed by atoms with Crippen LogP contribution in [-0.2, 0) is 21.3 Å². The Balaban J connectivity index is 0.00000300. The number of nitrogens with zero attached hydrogens (tertiary/aromatic N) is 1. The summed E-state index contributed by atoms with van der Waals surface area (Å²) in [6.45, 7) is 1.64. The lowest BCUT2D eigenvalue weighted by Crippen LogP contribution is -2.43. The van der Waals surface area contributed by atoms with Crippen LogP contribution in [0.3, 0.4) is 0 Å². The fourth-order valence-electron chi connectivity index (χ4n) is 3.70. The lowest BCUT2D eigenvalue weighted by atomic mass is 9.96. The minimum absolute atomic E-state index is 0. The van der Waals surface area contributed by atoms with Gasteiger partial charge in [-0.2, -0.15) is 0 Å². The molecule has 1 unspecified atom stereocenters. The summed E-state index contributed by atoms with van der Waals surface area (Å²) in [6, 6.07) is 7.45. The van der Waals surface area contributed by atoms with Crippen LogP contribution in [0.5, 0.6) is 0 Å². The molecule has 1 aliphatic carbocycles. The van der Waals surface area contributed by atoms with Crippen molar-refractivity contribution in [3.05, 3.63) is 29.8 Å². The van der Waals surface area contributed by atoms with Gasteiger partial charge in [0.15, 0.2) is 5.96 Å². The van der Waals surface area contributed by atoms with Crippen molar-refractivity contribution in [1.29, 1.82) is 0 Å². The quantitative estimate of drug-likeness (QED) is 0.283. The molecular weight excluding hydrogens is 503 g/mol. The smallest absolute Gasteiger partial charge is 0.240 e. The van der Waals surface area contributed by atoms with Gasteiger partial charge in [-0.3, -0.25) is 4.99 Å². The van der Waals surface area contributed by atoms with Crippen molar-refractivity contribution in [1.82, 2.24) is 15.4 Å². The Kier molecular flexibility index (Phi) is 10.1. The third-order valence-corrected chi connectivity index (χ3v) is 6.83. The SMILES string of the molecule is CN=C(NCc1ccc(S(=O)(=O)NCC2CCCO2)cc1)NC1CCCCC1.I. The molecular formula is C20H33IN4O3S. The van der Waals surface area contributed by atoms with Gasteiger partial charge < -0.3 is 15.4 Å². The van der Waals surface area contributed by atoms with Gasteiger partial charge in [-0.25, -0.2) is 13.1 Å². The molecule has 29 heavy (non-hydrogen) atoms. The monoisotopic (exact) mass is 536 g/mol. The van der Waals surface area contributed by atoms with Crippen LogP contribution in [0.1, 0.15) is 50.5 Å². The summed E-state index contributed by atoms with van der Waals surface area (Å²) in [7, 11) is -1.73. The Hall–Kier alpha value is -0.910. The molecule has 0 bridgehead atoms. The zero-order valence-corrected chi connectivity index (χ0v) is 20.2. The van der Waals surface area contributed by atoms with Gasteiger partial charge in [0.2, 0.25) is 10.0 Å². The van der Waals surface area contributed by atoms with E-state index < -0.39 is 10.0 Å². The molecule has 0 aromatic heterocycles. The van der Waals surface area contributed by atoms with Crippen molar-refractivity contribution in [2.75, 3.05) is 20.2 Å². The zero-order chi connectivity index (χ0) is 19.8. The summed E-state index contributed by atoms with van der Waals surface area (Å²) in [6.07, 6.45) is 8.12. The first-order chi connectivity index (χ1) is 13.6. The van der Waals surface area contributed by atoms with E-state index in [2.05, 4.69) is 20.3 Å². The number of ether oxygens (including phenoxy) is 1. The summed E-state index contributed by atoms with van der Waals surface area (Å²) in [5.74, 6) is 0.793. The predicted molar refractivity (Wildman–Crippen MR) is 126 cm³/mol. The number of hydrogen-bond donors (Lipinski definition) is 3. The van der Waals surface area contributed by atoms with E-state index in [0.717, 1.165) is 24.4 Å². The molecule has 7 nitrogen and oxygen atoms in total. The Morgan fingerprint density at radius 2 is 1.83 bits per heavy atom. The molecule has 0 amide bonds. The largest absolute Gasteiger partial charge is 0.377 e. The average Bonchev–Trinajstić information content (AvgIpc) is 3.24. The molecule has 1 saturated carbocycles. The first-order valence-corrected chi connectivity index (χ1v) is 11.7. The van der Waals surface area contributed by atoms with Gasteiger partial charge in [0.25, 0.3) is 0 Å². The maximum Gasteiger partial charge on any atom is 0.240 e. The number of sulfonamides is 1. The maximum absolute atomic E-state index is 12.4. The normalized spacial score (nSPS) is 20.9. The van der Waals surface area contributed by atoms with Crippen molar-refractivity contribution in [3.63, 3.8) is 0 Å². The fraction of sp³-hybridized carbons (Fsp3) is 0.650. The highest BCUT2D eigenvalue weighted by atomic mass is 127. The Morgan fingerprint density at radius 1 is 1.10 bits per heavy atom. The number of guanidine groups is 1. The van der Waals surface area contributed by atoms with Crippen molar-refractivity contribution in [2.24, 2.45) is 4.99 Å². The van der Waals surface area contributed by atoms with E-state index in [1.807, 2.05) is 12.1 Å². The molecule has 1 aromatic rings. The average molecular weight is 536 g/mol. The molecule has 0 radical (unpaired) electrons. The lowest BCUT2D eigenvalue weighted by Gasteiger charge is -2.24. The maximum atomic E-state index is 12.4. The van der Waals surface area contributed by atoms with Gasteiger partial charge in [0.05, 0.1) is 11.0 Å². The third kappa shape index (κ3) is 7.69. The van der Waals surface area contributed by atoms with E-state index in [9.17, 15) is 8.42 Å². The third-order valence-electron chi connectivity index (χ3n) is 5.39. The van der Waals surface area contributed by atoms with Crippen molar-refractivity contribution < 1.29 is 13.2 Å². The lowest BCUT2D eigenvalue weighted by molar-refractivity contribution is 0.114. The van der Waals surface area contributed by atoms with E-state index in [4.69, 9.17) is 4.74 Å². The summed E-state index contributed by atoms with van der Waals surface area (Å²) < 4.78 is 33.0. The topological polar surface area (TPSA) is 91.8 Å². The molecule has 1 aromatic carbocycles. The first kappa shape index (κ1) is 24.4. The summed E-state index contributed by atoms with van der Waals surface area (Å²) in [5, 5.41) is 6.79. The van der Waals surface area contributed by atoms with Gasteiger partial charge in [0.1, 0.15) is 0 Å². The molecule has 1 atom stereocenters. The summed E-state index contributed by atoms with van der Waals surface area (Å²) in [5.41, 5.74) is 1.00. The van der Waals surface area contributed by atoms with Gasteiger partial charge in [-0.1, -0.05) is 31.4 Å². The molecule has 2 aliphatic rings. The van der Waals surface area contributed by atoms with E-state index in [-0.39, 0.29) is 35.0 Å². The number of nitrogens with one attached hydrogen (secondary N) is 3. The van der Waals surface area contributed by atoms with Crippen LogP contribution in [0.15, 0.2) is 34.2 Å². The number of halogens is 1. The Morgan fingerprint density at radius 3 is 2.45 bits per heavy atom. The van der Waals surface area contributed by atoms with Crippen molar-refractivity contribution in [2.45, 2.75) is 68.5 Å². The van der Waals surface area contributed by atoms with E-state index in [0.29, 0.717) is 25.7 Å². The van der Waals surface area contributed by atoms with Crippen molar-refractivity contribution >= 4 is 40.0 Å². The summed E-state index contributed by atoms with van der Waals surface area (Å²) >= 11 is 0. The van der Waals surface area contributed by atoms with Gasteiger partial charge in [0, 0.05) is 32.8 Å². The van der Waals surface area contributed by atoms with Crippen LogP contribution in [-0.4, -0.2) is 46.7 Å². The highest BCUT2D eigenvalue weighted by molar-refractivity contribution is 14.0. The molecule has 3 N–H and O–H groups in total. The molecule has 1 aliphatic heterocycles.